The van der Waals surface area contributed by atoms with Crippen molar-refractivity contribution in [2.75, 3.05) is 33.0 Å². The smallest absolute Gasteiger partial charge is 0.479 e. The van der Waals surface area contributed by atoms with Crippen molar-refractivity contribution in [3.05, 3.63) is 6.33 Å². The summed E-state index contributed by atoms with van der Waals surface area (Å²) in [7, 11) is -2.75. The fourth-order valence-electron chi connectivity index (χ4n) is 3.41. The summed E-state index contributed by atoms with van der Waals surface area (Å²) in [5.74, 6) is -0.740. The number of hydrogen-bond acceptors (Lipinski definition) is 13. The predicted octanol–water partition coefficient (Wildman–Crippen LogP) is 3.62. The number of ether oxygens (including phenoxy) is 3. The summed E-state index contributed by atoms with van der Waals surface area (Å²) in [5, 5.41) is 0. The predicted molar refractivity (Wildman–Crippen MR) is 135 cm³/mol. The molecule has 0 aromatic carbocycles. The Morgan fingerprint density at radius 2 is 1.55 bits per heavy atom. The fourth-order valence-corrected chi connectivity index (χ4v) is 4.39. The third-order valence-corrected chi connectivity index (χ3v) is 7.01. The van der Waals surface area contributed by atoms with E-state index in [-0.39, 0.29) is 24.5 Å². The van der Waals surface area contributed by atoms with Gasteiger partial charge in [-0.05, 0) is 60.3 Å². The third kappa shape index (κ3) is 7.40. The number of hydrogen-bond donors (Lipinski definition) is 1. The number of carbonyl (C=O) groups excluding carboxylic acids is 2. The monoisotopic (exact) mass is 557 g/mol. The lowest BCUT2D eigenvalue weighted by Gasteiger charge is -2.36. The highest BCUT2D eigenvalue weighted by molar-refractivity contribution is 7.48. The molecule has 1 fully saturated rings. The molecule has 2 aromatic heterocycles. The van der Waals surface area contributed by atoms with Crippen LogP contribution in [0, 0.1) is 16.7 Å². The Hall–Kier alpha value is -2.80. The van der Waals surface area contributed by atoms with Crippen LogP contribution in [-0.4, -0.2) is 58.8 Å². The molecule has 2 N–H and O–H groups in total. The molecule has 14 nitrogen and oxygen atoms in total. The Balaban J connectivity index is 1.58. The van der Waals surface area contributed by atoms with E-state index in [1.165, 1.54) is 7.11 Å². The largest absolute Gasteiger partial charge is 0.480 e. The number of anilines is 1. The van der Waals surface area contributed by atoms with Crippen molar-refractivity contribution in [2.45, 2.75) is 60.4 Å². The van der Waals surface area contributed by atoms with Crippen molar-refractivity contribution >= 4 is 36.9 Å². The van der Waals surface area contributed by atoms with E-state index in [0.29, 0.717) is 29.9 Å². The van der Waals surface area contributed by atoms with Gasteiger partial charge in [0, 0.05) is 6.04 Å². The third-order valence-electron chi connectivity index (χ3n) is 5.70. The number of carbonyl (C=O) groups is 2. The molecule has 0 spiro atoms. The number of nitrogens with two attached hydrogens (primary N) is 1. The second kappa shape index (κ2) is 11.5. The molecule has 1 aliphatic rings. The minimum absolute atomic E-state index is 0.00769. The lowest BCUT2D eigenvalue weighted by Crippen LogP contribution is -2.30. The Labute approximate surface area is 221 Å². The summed E-state index contributed by atoms with van der Waals surface area (Å²) >= 11 is 0. The summed E-state index contributed by atoms with van der Waals surface area (Å²) in [6, 6.07) is 0.0503. The molecule has 2 heterocycles. The number of imidazole rings is 1. The quantitative estimate of drug-likeness (QED) is 0.241. The van der Waals surface area contributed by atoms with Crippen LogP contribution < -0.4 is 10.5 Å². The molecule has 0 amide bonds. The van der Waals surface area contributed by atoms with Crippen LogP contribution in [0.5, 0.6) is 5.88 Å². The van der Waals surface area contributed by atoms with Gasteiger partial charge in [-0.2, -0.15) is 9.97 Å². The van der Waals surface area contributed by atoms with E-state index in [1.807, 2.05) is 4.57 Å². The van der Waals surface area contributed by atoms with E-state index >= 15 is 0 Å². The number of esters is 2. The van der Waals surface area contributed by atoms with E-state index in [4.69, 9.17) is 33.5 Å². The van der Waals surface area contributed by atoms with E-state index in [9.17, 15) is 14.2 Å². The molecule has 1 saturated carbocycles. The minimum Gasteiger partial charge on any atom is -0.479 e. The van der Waals surface area contributed by atoms with Gasteiger partial charge in [0.1, 0.15) is 0 Å². The maximum Gasteiger partial charge on any atom is 0.480 e. The molecule has 1 aliphatic carbocycles. The number of rotatable bonds is 11. The SMILES string of the molecule is COc1nc(N)nc2c1ncn2[C@H]1C[C@@H](COP(=O)(OCOC(=O)C(C)(C)C)OCOC(=O)C(C)(C)C)C1. The van der Waals surface area contributed by atoms with Crippen molar-refractivity contribution in [3.8, 4) is 5.88 Å². The van der Waals surface area contributed by atoms with Gasteiger partial charge >= 0.3 is 19.8 Å². The number of aromatic nitrogens is 4. The molecule has 15 heteroatoms. The van der Waals surface area contributed by atoms with E-state index in [0.717, 1.165) is 0 Å². The Morgan fingerprint density at radius 1 is 1.00 bits per heavy atom. The average Bonchev–Trinajstić information content (AvgIpc) is 3.19. The van der Waals surface area contributed by atoms with Crippen LogP contribution in [0.25, 0.3) is 11.2 Å². The van der Waals surface area contributed by atoms with Crippen molar-refractivity contribution < 1.29 is 41.9 Å². The van der Waals surface area contributed by atoms with Crippen LogP contribution in [0.1, 0.15) is 60.4 Å². The minimum atomic E-state index is -4.23. The van der Waals surface area contributed by atoms with Gasteiger partial charge < -0.3 is 24.5 Å². The van der Waals surface area contributed by atoms with Crippen molar-refractivity contribution in [1.82, 2.24) is 19.5 Å². The zero-order chi connectivity index (χ0) is 28.3. The highest BCUT2D eigenvalue weighted by Crippen LogP contribution is 2.51. The zero-order valence-electron chi connectivity index (χ0n) is 22.8. The van der Waals surface area contributed by atoms with Crippen LogP contribution >= 0.6 is 7.82 Å². The number of nitrogens with zero attached hydrogens (tertiary/aromatic N) is 4. The molecule has 0 saturated heterocycles. The first kappa shape index (κ1) is 29.8. The molecule has 0 atom stereocenters. The first-order valence-corrected chi connectivity index (χ1v) is 13.5. The molecule has 0 unspecified atom stereocenters. The summed E-state index contributed by atoms with van der Waals surface area (Å²) in [6.45, 7) is 8.72. The highest BCUT2D eigenvalue weighted by Gasteiger charge is 2.37. The van der Waals surface area contributed by atoms with Gasteiger partial charge in [-0.15, -0.1) is 0 Å². The van der Waals surface area contributed by atoms with Gasteiger partial charge in [0.25, 0.3) is 0 Å². The normalized spacial score (nSPS) is 18.2. The van der Waals surface area contributed by atoms with E-state index < -0.39 is 44.2 Å². The van der Waals surface area contributed by atoms with Crippen LogP contribution in [0.2, 0.25) is 0 Å². The Morgan fingerprint density at radius 3 is 2.05 bits per heavy atom. The van der Waals surface area contributed by atoms with Crippen LogP contribution in [0.15, 0.2) is 6.33 Å². The Bertz CT molecular complexity index is 1160. The van der Waals surface area contributed by atoms with Crippen LogP contribution in [-0.2, 0) is 37.2 Å². The maximum atomic E-state index is 13.2. The summed E-state index contributed by atoms with van der Waals surface area (Å²) < 4.78 is 46.3. The van der Waals surface area contributed by atoms with Crippen molar-refractivity contribution in [3.63, 3.8) is 0 Å². The summed E-state index contributed by atoms with van der Waals surface area (Å²) in [6.07, 6.45) is 2.97. The first-order valence-electron chi connectivity index (χ1n) is 12.0. The second-order valence-corrected chi connectivity index (χ2v) is 12.7. The number of phosphoric ester groups is 1. The van der Waals surface area contributed by atoms with Crippen molar-refractivity contribution in [1.29, 1.82) is 0 Å². The maximum absolute atomic E-state index is 13.2. The second-order valence-electron chi connectivity index (χ2n) is 11.0. The molecular formula is C23H36N5O9P. The zero-order valence-corrected chi connectivity index (χ0v) is 23.6. The number of fused-ring (bicyclic) bond motifs is 1. The number of nitrogen functional groups attached to an aromatic ring is 1. The lowest BCUT2D eigenvalue weighted by atomic mass is 9.81. The van der Waals surface area contributed by atoms with Gasteiger partial charge in [0.05, 0.1) is 30.9 Å². The number of phosphoric acid groups is 1. The lowest BCUT2D eigenvalue weighted by molar-refractivity contribution is -0.163. The molecule has 0 radical (unpaired) electrons. The molecule has 0 bridgehead atoms. The van der Waals surface area contributed by atoms with Crippen molar-refractivity contribution in [2.24, 2.45) is 16.7 Å². The van der Waals surface area contributed by atoms with Gasteiger partial charge in [-0.1, -0.05) is 0 Å². The molecular weight excluding hydrogens is 521 g/mol. The van der Waals surface area contributed by atoms with Gasteiger partial charge in [-0.3, -0.25) is 14.1 Å². The molecule has 2 aromatic rings. The topological polar surface area (TPSA) is 176 Å². The van der Waals surface area contributed by atoms with Gasteiger partial charge in [0.15, 0.2) is 11.2 Å². The summed E-state index contributed by atoms with van der Waals surface area (Å²) in [4.78, 5) is 36.7. The molecule has 0 aliphatic heterocycles. The summed E-state index contributed by atoms with van der Waals surface area (Å²) in [5.41, 5.74) is 5.28. The number of methoxy groups -OCH3 is 1. The average molecular weight is 558 g/mol. The molecule has 3 rings (SSSR count). The van der Waals surface area contributed by atoms with Crippen LogP contribution in [0.4, 0.5) is 5.95 Å². The Kier molecular flexibility index (Phi) is 9.02. The van der Waals surface area contributed by atoms with Gasteiger partial charge in [-0.25, -0.2) is 18.6 Å². The van der Waals surface area contributed by atoms with E-state index in [1.54, 1.807) is 47.9 Å². The highest BCUT2D eigenvalue weighted by atomic mass is 31.2. The molecule has 212 valence electrons. The fraction of sp³-hybridized carbons (Fsp3) is 0.696. The first-order chi connectivity index (χ1) is 17.6. The standard InChI is InChI=1S/C23H36N5O9P/c1-22(2,3)19(29)33-12-36-38(31,37-13-34-20(30)23(4,5)6)35-10-14-8-15(9-14)28-11-25-16-17(28)26-21(24)27-18(16)32-7/h11,14-15H,8-10,12-13H2,1-7H3,(H2,24,26,27)/t14-,15+. The van der Waals surface area contributed by atoms with Crippen LogP contribution in [0.3, 0.4) is 0 Å². The molecule has 38 heavy (non-hydrogen) atoms. The van der Waals surface area contributed by atoms with Gasteiger partial charge in [0.2, 0.25) is 25.4 Å². The van der Waals surface area contributed by atoms with E-state index in [2.05, 4.69) is 15.0 Å².